The van der Waals surface area contributed by atoms with Gasteiger partial charge in [-0.05, 0) is 51.6 Å². The Morgan fingerprint density at radius 1 is 1.04 bits per heavy atom. The summed E-state index contributed by atoms with van der Waals surface area (Å²) in [5.41, 5.74) is -0.605. The van der Waals surface area contributed by atoms with Crippen LogP contribution in [0.2, 0.25) is 0 Å². The second kappa shape index (κ2) is 10.9. The summed E-state index contributed by atoms with van der Waals surface area (Å²) >= 11 is 0. The van der Waals surface area contributed by atoms with Crippen LogP contribution >= 0.6 is 24.8 Å². The van der Waals surface area contributed by atoms with Crippen molar-refractivity contribution in [3.05, 3.63) is 0 Å². The Kier molecular flexibility index (Phi) is 10.0. The SMILES string of the molecule is COC1(C(=O)NC2CCN(C3CCCCC3)CC2)CCNCC1.Cl.Cl. The molecule has 148 valence electrons. The van der Waals surface area contributed by atoms with Crippen molar-refractivity contribution < 1.29 is 9.53 Å². The monoisotopic (exact) mass is 395 g/mol. The summed E-state index contributed by atoms with van der Waals surface area (Å²) in [5, 5.41) is 6.59. The summed E-state index contributed by atoms with van der Waals surface area (Å²) in [6.45, 7) is 4.00. The van der Waals surface area contributed by atoms with E-state index in [0.29, 0.717) is 6.04 Å². The lowest BCUT2D eigenvalue weighted by molar-refractivity contribution is -0.147. The van der Waals surface area contributed by atoms with Crippen molar-refractivity contribution in [3.8, 4) is 0 Å². The highest BCUT2D eigenvalue weighted by Gasteiger charge is 2.40. The predicted octanol–water partition coefficient (Wildman–Crippen LogP) is 2.51. The molecular formula is C18H35Cl2N3O2. The Morgan fingerprint density at radius 3 is 2.20 bits per heavy atom. The zero-order valence-corrected chi connectivity index (χ0v) is 17.1. The Morgan fingerprint density at radius 2 is 1.64 bits per heavy atom. The third-order valence-electron chi connectivity index (χ3n) is 6.17. The van der Waals surface area contributed by atoms with Crippen molar-refractivity contribution >= 4 is 30.7 Å². The molecule has 0 unspecified atom stereocenters. The number of methoxy groups -OCH3 is 1. The minimum absolute atomic E-state index is 0. The minimum Gasteiger partial charge on any atom is -0.368 e. The standard InChI is InChI=1S/C18H33N3O2.2ClH/c1-23-18(9-11-19-12-10-18)17(22)20-15-7-13-21(14-8-15)16-5-3-2-4-6-16;;/h15-16,19H,2-14H2,1H3,(H,20,22);2*1H. The lowest BCUT2D eigenvalue weighted by Gasteiger charge is -2.41. The summed E-state index contributed by atoms with van der Waals surface area (Å²) in [6, 6.07) is 1.12. The lowest BCUT2D eigenvalue weighted by Crippen LogP contribution is -2.57. The molecule has 0 aromatic rings. The molecule has 5 nitrogen and oxygen atoms in total. The fourth-order valence-electron chi connectivity index (χ4n) is 4.53. The first-order chi connectivity index (χ1) is 11.2. The fourth-order valence-corrected chi connectivity index (χ4v) is 4.53. The topological polar surface area (TPSA) is 53.6 Å². The molecule has 2 aliphatic heterocycles. The van der Waals surface area contributed by atoms with Gasteiger partial charge in [-0.1, -0.05) is 19.3 Å². The van der Waals surface area contributed by atoms with Crippen LogP contribution in [0.25, 0.3) is 0 Å². The number of rotatable bonds is 4. The van der Waals surface area contributed by atoms with Crippen LogP contribution < -0.4 is 10.6 Å². The quantitative estimate of drug-likeness (QED) is 0.767. The number of piperidine rings is 2. The largest absolute Gasteiger partial charge is 0.368 e. The number of hydrogen-bond donors (Lipinski definition) is 2. The third kappa shape index (κ3) is 5.70. The molecule has 3 fully saturated rings. The van der Waals surface area contributed by atoms with Crippen LogP contribution in [0.15, 0.2) is 0 Å². The number of carbonyl (C=O) groups excluding carboxylic acids is 1. The van der Waals surface area contributed by atoms with Crippen LogP contribution in [0, 0.1) is 0 Å². The highest BCUT2D eigenvalue weighted by Crippen LogP contribution is 2.26. The molecular weight excluding hydrogens is 361 g/mol. The number of amides is 1. The maximum atomic E-state index is 12.7. The molecule has 7 heteroatoms. The van der Waals surface area contributed by atoms with Crippen LogP contribution in [0.4, 0.5) is 0 Å². The molecule has 0 atom stereocenters. The van der Waals surface area contributed by atoms with Crippen LogP contribution in [0.5, 0.6) is 0 Å². The first-order valence-corrected chi connectivity index (χ1v) is 9.54. The number of nitrogens with zero attached hydrogens (tertiary/aromatic N) is 1. The maximum Gasteiger partial charge on any atom is 0.252 e. The second-order valence-corrected chi connectivity index (χ2v) is 7.52. The van der Waals surface area contributed by atoms with Gasteiger partial charge < -0.3 is 20.3 Å². The summed E-state index contributed by atoms with van der Waals surface area (Å²) in [4.78, 5) is 15.4. The summed E-state index contributed by atoms with van der Waals surface area (Å²) in [5.74, 6) is 0.109. The highest BCUT2D eigenvalue weighted by molar-refractivity contribution is 5.86. The number of nitrogens with one attached hydrogen (secondary N) is 2. The van der Waals surface area contributed by atoms with Gasteiger partial charge in [-0.25, -0.2) is 0 Å². The first-order valence-electron chi connectivity index (χ1n) is 9.54. The van der Waals surface area contributed by atoms with Gasteiger partial charge in [0.05, 0.1) is 0 Å². The smallest absolute Gasteiger partial charge is 0.252 e. The van der Waals surface area contributed by atoms with Gasteiger partial charge in [0.25, 0.3) is 5.91 Å². The van der Waals surface area contributed by atoms with E-state index in [9.17, 15) is 4.79 Å². The van der Waals surface area contributed by atoms with Gasteiger partial charge in [-0.15, -0.1) is 24.8 Å². The molecule has 0 bridgehead atoms. The van der Waals surface area contributed by atoms with Gasteiger partial charge in [0.15, 0.2) is 0 Å². The average Bonchev–Trinajstić information content (AvgIpc) is 2.63. The number of carbonyl (C=O) groups is 1. The summed E-state index contributed by atoms with van der Waals surface area (Å²) < 4.78 is 5.64. The third-order valence-corrected chi connectivity index (χ3v) is 6.17. The number of ether oxygens (including phenoxy) is 1. The van der Waals surface area contributed by atoms with Crippen molar-refractivity contribution in [1.29, 1.82) is 0 Å². The van der Waals surface area contributed by atoms with Crippen LogP contribution in [-0.2, 0) is 9.53 Å². The Balaban J connectivity index is 0.00000156. The van der Waals surface area contributed by atoms with E-state index in [0.717, 1.165) is 57.9 Å². The molecule has 2 saturated heterocycles. The summed E-state index contributed by atoms with van der Waals surface area (Å²) in [6.07, 6.45) is 10.7. The van der Waals surface area contributed by atoms with Gasteiger partial charge in [0, 0.05) is 32.3 Å². The van der Waals surface area contributed by atoms with Gasteiger partial charge in [0.1, 0.15) is 5.60 Å². The molecule has 3 rings (SSSR count). The van der Waals surface area contributed by atoms with Gasteiger partial charge in [0.2, 0.25) is 0 Å². The zero-order chi connectivity index (χ0) is 16.1. The Bertz CT molecular complexity index is 392. The van der Waals surface area contributed by atoms with E-state index < -0.39 is 5.60 Å². The number of halogens is 2. The van der Waals surface area contributed by atoms with Gasteiger partial charge >= 0.3 is 0 Å². The summed E-state index contributed by atoms with van der Waals surface area (Å²) in [7, 11) is 1.68. The predicted molar refractivity (Wildman–Crippen MR) is 106 cm³/mol. The number of likely N-dealkylation sites (tertiary alicyclic amines) is 1. The Labute approximate surface area is 164 Å². The molecule has 0 spiro atoms. The van der Waals surface area contributed by atoms with E-state index >= 15 is 0 Å². The van der Waals surface area contributed by atoms with E-state index in [1.807, 2.05) is 0 Å². The lowest BCUT2D eigenvalue weighted by atomic mass is 9.89. The molecule has 2 heterocycles. The molecule has 25 heavy (non-hydrogen) atoms. The second-order valence-electron chi connectivity index (χ2n) is 7.52. The van der Waals surface area contributed by atoms with Crippen molar-refractivity contribution in [2.24, 2.45) is 0 Å². The highest BCUT2D eigenvalue weighted by atomic mass is 35.5. The van der Waals surface area contributed by atoms with Crippen molar-refractivity contribution in [3.63, 3.8) is 0 Å². The number of hydrogen-bond acceptors (Lipinski definition) is 4. The molecule has 0 aromatic heterocycles. The maximum absolute atomic E-state index is 12.7. The van der Waals surface area contributed by atoms with E-state index in [-0.39, 0.29) is 30.7 Å². The van der Waals surface area contributed by atoms with Crippen LogP contribution in [-0.4, -0.2) is 61.8 Å². The van der Waals surface area contributed by atoms with Crippen molar-refractivity contribution in [2.45, 2.75) is 75.5 Å². The molecule has 1 aliphatic carbocycles. The fraction of sp³-hybridized carbons (Fsp3) is 0.944. The molecule has 2 N–H and O–H groups in total. The molecule has 1 amide bonds. The molecule has 0 aromatic carbocycles. The van der Waals surface area contributed by atoms with E-state index in [4.69, 9.17) is 4.74 Å². The van der Waals surface area contributed by atoms with E-state index in [2.05, 4.69) is 15.5 Å². The molecule has 1 saturated carbocycles. The van der Waals surface area contributed by atoms with Crippen LogP contribution in [0.3, 0.4) is 0 Å². The minimum atomic E-state index is -0.605. The Hall–Kier alpha value is -0.0700. The van der Waals surface area contributed by atoms with Crippen molar-refractivity contribution in [1.82, 2.24) is 15.5 Å². The molecule has 0 radical (unpaired) electrons. The van der Waals surface area contributed by atoms with Gasteiger partial charge in [-0.2, -0.15) is 0 Å². The van der Waals surface area contributed by atoms with E-state index in [1.165, 1.54) is 32.1 Å². The normalized spacial score (nSPS) is 25.5. The molecule has 3 aliphatic rings. The van der Waals surface area contributed by atoms with Crippen LogP contribution in [0.1, 0.15) is 57.8 Å². The van der Waals surface area contributed by atoms with Crippen molar-refractivity contribution in [2.75, 3.05) is 33.3 Å². The van der Waals surface area contributed by atoms with E-state index in [1.54, 1.807) is 7.11 Å². The zero-order valence-electron chi connectivity index (χ0n) is 15.4. The average molecular weight is 396 g/mol. The first kappa shape index (κ1) is 23.0. The van der Waals surface area contributed by atoms with Gasteiger partial charge in [-0.3, -0.25) is 4.79 Å².